The average Bonchev–Trinajstić information content (AvgIpc) is 3.27. The Morgan fingerprint density at radius 1 is 0.822 bits per heavy atom. The molecule has 1 heterocycles. The highest BCUT2D eigenvalue weighted by molar-refractivity contribution is 6.12. The van der Waals surface area contributed by atoms with Crippen molar-refractivity contribution < 1.29 is 18.0 Å². The fraction of sp³-hybridized carbons (Fsp3) is 0.194. The topological polar surface area (TPSA) is 68.4 Å². The van der Waals surface area contributed by atoms with Crippen molar-refractivity contribution in [2.24, 2.45) is 5.10 Å². The van der Waals surface area contributed by atoms with Gasteiger partial charge >= 0.3 is 11.9 Å². The maximum atomic E-state index is 14.5. The fourth-order valence-electron chi connectivity index (χ4n) is 5.34. The normalized spacial score (nSPS) is 12.2. The summed E-state index contributed by atoms with van der Waals surface area (Å²) in [5.41, 5.74) is 1.76. The van der Waals surface area contributed by atoms with Crippen LogP contribution in [0.15, 0.2) is 125 Å². The first-order valence-electron chi connectivity index (χ1n) is 14.6. The van der Waals surface area contributed by atoms with Crippen LogP contribution in [-0.2, 0) is 17.4 Å². The molecule has 0 aliphatic heterocycles. The first-order chi connectivity index (χ1) is 21.5. The van der Waals surface area contributed by atoms with Crippen molar-refractivity contribution >= 4 is 11.6 Å². The second-order valence-corrected chi connectivity index (χ2v) is 11.0. The summed E-state index contributed by atoms with van der Waals surface area (Å²) in [4.78, 5) is 28.2. The number of alkyl halides is 3. The van der Waals surface area contributed by atoms with Crippen LogP contribution in [0.5, 0.6) is 0 Å². The van der Waals surface area contributed by atoms with E-state index in [1.165, 1.54) is 16.7 Å². The van der Waals surface area contributed by atoms with E-state index in [1.807, 2.05) is 105 Å². The molecule has 0 spiro atoms. The van der Waals surface area contributed by atoms with Crippen LogP contribution >= 0.6 is 0 Å². The first-order valence-corrected chi connectivity index (χ1v) is 14.6. The predicted octanol–water partition coefficient (Wildman–Crippen LogP) is 7.25. The molecule has 0 aliphatic carbocycles. The number of nitrogens with one attached hydrogen (secondary N) is 1. The molecule has 4 aromatic carbocycles. The number of carbonyl (C=O) groups excluding carboxylic acids is 1. The van der Waals surface area contributed by atoms with Gasteiger partial charge in [0.15, 0.2) is 0 Å². The molecule has 0 aliphatic rings. The van der Waals surface area contributed by atoms with Crippen LogP contribution in [0.3, 0.4) is 0 Å². The molecule has 5 aromatic rings. The smallest absolute Gasteiger partial charge is 0.352 e. The molecular weight excluding hydrogens is 577 g/mol. The Morgan fingerprint density at radius 2 is 1.38 bits per heavy atom. The minimum absolute atomic E-state index is 0.144. The highest BCUT2D eigenvalue weighted by atomic mass is 19.4. The van der Waals surface area contributed by atoms with Crippen molar-refractivity contribution in [3.63, 3.8) is 0 Å². The van der Waals surface area contributed by atoms with Gasteiger partial charge in [0.25, 0.3) is 0 Å². The Balaban J connectivity index is 1.82. The summed E-state index contributed by atoms with van der Waals surface area (Å²) in [6, 6.07) is 31.3. The van der Waals surface area contributed by atoms with Crippen LogP contribution in [-0.4, -0.2) is 26.9 Å². The molecule has 6 nitrogen and oxygen atoms in total. The summed E-state index contributed by atoms with van der Waals surface area (Å²) in [5, 5.41) is 7.76. The van der Waals surface area contributed by atoms with E-state index in [2.05, 4.69) is 5.32 Å². The molecular formula is C36H33F3N4O2. The van der Waals surface area contributed by atoms with E-state index in [-0.39, 0.29) is 29.6 Å². The second kappa shape index (κ2) is 13.2. The molecule has 0 bridgehead atoms. The Kier molecular flexibility index (Phi) is 9.18. The van der Waals surface area contributed by atoms with E-state index in [1.54, 1.807) is 6.92 Å². The lowest BCUT2D eigenvalue weighted by molar-refractivity contribution is -0.137. The average molecular weight is 611 g/mol. The molecule has 0 fully saturated rings. The highest BCUT2D eigenvalue weighted by Gasteiger charge is 2.33. The Labute approximate surface area is 259 Å². The number of hydrogen-bond acceptors (Lipinski definition) is 3. The summed E-state index contributed by atoms with van der Waals surface area (Å²) in [6.45, 7) is 5.28. The maximum absolute atomic E-state index is 14.5. The number of benzene rings is 4. The van der Waals surface area contributed by atoms with Gasteiger partial charge in [0.1, 0.15) is 6.04 Å². The van der Waals surface area contributed by atoms with Crippen molar-refractivity contribution in [1.82, 2.24) is 14.6 Å². The Hall–Kier alpha value is -5.18. The van der Waals surface area contributed by atoms with E-state index in [4.69, 9.17) is 5.10 Å². The lowest BCUT2D eigenvalue weighted by Gasteiger charge is -2.21. The summed E-state index contributed by atoms with van der Waals surface area (Å²) >= 11 is 0. The third-order valence-electron chi connectivity index (χ3n) is 7.38. The summed E-state index contributed by atoms with van der Waals surface area (Å²) in [5.74, 6) is -0.387. The number of rotatable bonds is 9. The summed E-state index contributed by atoms with van der Waals surface area (Å²) in [6.07, 6.45) is -4.42. The predicted molar refractivity (Wildman–Crippen MR) is 170 cm³/mol. The van der Waals surface area contributed by atoms with E-state index in [0.717, 1.165) is 22.4 Å². The summed E-state index contributed by atoms with van der Waals surface area (Å²) < 4.78 is 44.1. The molecule has 9 heteroatoms. The number of imidazole rings is 1. The van der Waals surface area contributed by atoms with Crippen molar-refractivity contribution in [2.45, 2.75) is 45.5 Å². The molecule has 5 rings (SSSR count). The quantitative estimate of drug-likeness (QED) is 0.179. The standard InChI is InChI=1S/C36H33F3N4O2/c1-24(2)40-34(44)31(22-26-14-7-4-8-15-26)42-25(3)33(29-20-13-21-30(23-29)36(37,38)39)43(35(42)45)41-32(27-16-9-5-10-17-27)28-18-11-6-12-19-28/h4-21,23-24,31H,22H2,1-3H3,(H,40,44)/t31-/m0/s1. The van der Waals surface area contributed by atoms with Crippen molar-refractivity contribution in [1.29, 1.82) is 0 Å². The molecule has 45 heavy (non-hydrogen) atoms. The van der Waals surface area contributed by atoms with E-state index in [0.29, 0.717) is 22.5 Å². The van der Waals surface area contributed by atoms with Gasteiger partial charge in [0.05, 0.1) is 17.0 Å². The minimum Gasteiger partial charge on any atom is -0.352 e. The van der Waals surface area contributed by atoms with Crippen LogP contribution in [0.1, 0.15) is 47.8 Å². The number of amides is 1. The molecule has 1 N–H and O–H groups in total. The molecule has 0 saturated heterocycles. The van der Waals surface area contributed by atoms with Gasteiger partial charge in [-0.05, 0) is 38.5 Å². The van der Waals surface area contributed by atoms with Crippen LogP contribution < -0.4 is 11.0 Å². The molecule has 1 atom stereocenters. The molecule has 1 amide bonds. The number of carbonyl (C=O) groups is 1. The molecule has 1 aromatic heterocycles. The Bertz CT molecular complexity index is 1820. The van der Waals surface area contributed by atoms with Gasteiger partial charge in [-0.2, -0.15) is 22.9 Å². The van der Waals surface area contributed by atoms with Crippen molar-refractivity contribution in [3.8, 4) is 11.3 Å². The van der Waals surface area contributed by atoms with Gasteiger partial charge in [-0.3, -0.25) is 9.36 Å². The number of halogens is 3. The SMILES string of the molecule is Cc1c(-c2cccc(C(F)(F)F)c2)n(N=C(c2ccccc2)c2ccccc2)c(=O)n1[C@@H](Cc1ccccc1)C(=O)NC(C)C. The third kappa shape index (κ3) is 6.98. The van der Waals surface area contributed by atoms with E-state index < -0.39 is 23.5 Å². The summed E-state index contributed by atoms with van der Waals surface area (Å²) in [7, 11) is 0. The zero-order valence-corrected chi connectivity index (χ0v) is 25.1. The van der Waals surface area contributed by atoms with Crippen LogP contribution in [0, 0.1) is 6.92 Å². The molecule has 0 unspecified atom stereocenters. The molecule has 0 radical (unpaired) electrons. The maximum Gasteiger partial charge on any atom is 0.416 e. The van der Waals surface area contributed by atoms with Crippen molar-refractivity contribution in [2.75, 3.05) is 0 Å². The van der Waals surface area contributed by atoms with Gasteiger partial charge in [0.2, 0.25) is 5.91 Å². The highest BCUT2D eigenvalue weighted by Crippen LogP contribution is 2.34. The van der Waals surface area contributed by atoms with E-state index in [9.17, 15) is 22.8 Å². The van der Waals surface area contributed by atoms with Gasteiger partial charge in [-0.25, -0.2) is 4.79 Å². The Morgan fingerprint density at radius 3 is 1.91 bits per heavy atom. The van der Waals surface area contributed by atoms with Gasteiger partial charge in [0, 0.05) is 34.8 Å². The number of hydrogen-bond donors (Lipinski definition) is 1. The largest absolute Gasteiger partial charge is 0.416 e. The molecule has 0 saturated carbocycles. The monoisotopic (exact) mass is 610 g/mol. The van der Waals surface area contributed by atoms with Crippen LogP contribution in [0.25, 0.3) is 11.3 Å². The van der Waals surface area contributed by atoms with Crippen LogP contribution in [0.2, 0.25) is 0 Å². The van der Waals surface area contributed by atoms with E-state index >= 15 is 0 Å². The first kappa shape index (κ1) is 31.3. The zero-order valence-electron chi connectivity index (χ0n) is 25.1. The second-order valence-electron chi connectivity index (χ2n) is 11.0. The zero-order chi connectivity index (χ0) is 32.1. The fourth-order valence-corrected chi connectivity index (χ4v) is 5.34. The third-order valence-corrected chi connectivity index (χ3v) is 7.38. The minimum atomic E-state index is -4.60. The van der Waals surface area contributed by atoms with Gasteiger partial charge in [-0.15, -0.1) is 0 Å². The van der Waals surface area contributed by atoms with Crippen molar-refractivity contribution in [3.05, 3.63) is 154 Å². The lowest BCUT2D eigenvalue weighted by Crippen LogP contribution is -2.41. The molecule has 230 valence electrons. The van der Waals surface area contributed by atoms with Gasteiger partial charge in [-0.1, -0.05) is 103 Å². The lowest BCUT2D eigenvalue weighted by atomic mass is 10.0. The van der Waals surface area contributed by atoms with Crippen LogP contribution in [0.4, 0.5) is 13.2 Å². The number of aromatic nitrogens is 2. The number of nitrogens with zero attached hydrogens (tertiary/aromatic N) is 3. The van der Waals surface area contributed by atoms with Gasteiger partial charge < -0.3 is 5.32 Å².